The van der Waals surface area contributed by atoms with E-state index in [1.165, 1.54) is 6.07 Å². The zero-order chi connectivity index (χ0) is 16.0. The number of hydrogen-bond donors (Lipinski definition) is 0. The molecular weight excluding hydrogens is 296 g/mol. The number of rotatable bonds is 1. The van der Waals surface area contributed by atoms with Crippen LogP contribution in [-0.4, -0.2) is 19.0 Å². The number of nitrogens with zero attached hydrogens (tertiary/aromatic N) is 2. The molecule has 1 aliphatic carbocycles. The van der Waals surface area contributed by atoms with Crippen molar-refractivity contribution in [2.24, 2.45) is 0 Å². The first-order valence-electron chi connectivity index (χ1n) is 7.40. The van der Waals surface area contributed by atoms with Crippen molar-refractivity contribution >= 4 is 5.69 Å². The fourth-order valence-electron chi connectivity index (χ4n) is 3.26. The van der Waals surface area contributed by atoms with Crippen molar-refractivity contribution in [1.82, 2.24) is 0 Å². The monoisotopic (exact) mass is 312 g/mol. The molecule has 1 heterocycles. The van der Waals surface area contributed by atoms with Crippen molar-refractivity contribution in [3.63, 3.8) is 0 Å². The van der Waals surface area contributed by atoms with Crippen molar-refractivity contribution in [1.29, 1.82) is 5.26 Å². The van der Waals surface area contributed by atoms with E-state index in [0.29, 0.717) is 24.2 Å². The minimum Gasteiger partial charge on any atom is -0.370 e. The topological polar surface area (TPSA) is 27.0 Å². The first-order chi connectivity index (χ1) is 10.3. The number of nitriles is 1. The van der Waals surface area contributed by atoms with Gasteiger partial charge < -0.3 is 4.90 Å². The zero-order valence-electron chi connectivity index (χ0n) is 12.0. The van der Waals surface area contributed by atoms with Gasteiger partial charge in [-0.3, -0.25) is 0 Å². The second-order valence-electron chi connectivity index (χ2n) is 6.04. The molecule has 0 radical (unpaired) electrons. The number of anilines is 1. The van der Waals surface area contributed by atoms with Gasteiger partial charge in [-0.15, -0.1) is 0 Å². The Bertz CT molecular complexity index is 634. The summed E-state index contributed by atoms with van der Waals surface area (Å²) in [6.07, 6.45) is -0.121. The molecule has 0 bridgehead atoms. The lowest BCUT2D eigenvalue weighted by atomic mass is 10.0. The van der Waals surface area contributed by atoms with E-state index in [4.69, 9.17) is 0 Å². The van der Waals surface area contributed by atoms with Crippen LogP contribution in [0.3, 0.4) is 0 Å². The summed E-state index contributed by atoms with van der Waals surface area (Å²) in [4.78, 5) is 1.73. The Morgan fingerprint density at radius 2 is 1.82 bits per heavy atom. The van der Waals surface area contributed by atoms with Gasteiger partial charge in [-0.25, -0.2) is 17.6 Å². The van der Waals surface area contributed by atoms with Crippen molar-refractivity contribution in [3.8, 4) is 6.07 Å². The molecule has 0 aromatic heterocycles. The Morgan fingerprint density at radius 1 is 1.05 bits per heavy atom. The fraction of sp³-hybridized carbons (Fsp3) is 0.562. The summed E-state index contributed by atoms with van der Waals surface area (Å²) in [6.45, 7) is 0.552. The number of aryl methyl sites for hydroxylation is 1. The van der Waals surface area contributed by atoms with Gasteiger partial charge >= 0.3 is 0 Å². The molecule has 2 nitrogen and oxygen atoms in total. The first-order valence-corrected chi connectivity index (χ1v) is 7.40. The minimum atomic E-state index is -2.90. The lowest BCUT2D eigenvalue weighted by molar-refractivity contribution is -0.0102. The lowest BCUT2D eigenvalue weighted by Crippen LogP contribution is -2.26. The van der Waals surface area contributed by atoms with Crippen LogP contribution in [0.25, 0.3) is 0 Å². The van der Waals surface area contributed by atoms with E-state index in [1.807, 2.05) is 6.07 Å². The molecule has 0 amide bonds. The third kappa shape index (κ3) is 2.65. The van der Waals surface area contributed by atoms with Crippen molar-refractivity contribution < 1.29 is 17.6 Å². The minimum absolute atomic E-state index is 0.0899. The third-order valence-corrected chi connectivity index (χ3v) is 4.50. The summed E-state index contributed by atoms with van der Waals surface area (Å²) in [5.74, 6) is -5.59. The Labute approximate surface area is 126 Å². The van der Waals surface area contributed by atoms with E-state index < -0.39 is 11.8 Å². The summed E-state index contributed by atoms with van der Waals surface area (Å²) in [5, 5.41) is 9.25. The molecule has 118 valence electrons. The average Bonchev–Trinajstić information content (AvgIpc) is 2.64. The maximum atomic E-state index is 13.8. The Balaban J connectivity index is 1.96. The highest BCUT2D eigenvalue weighted by Gasteiger charge is 2.40. The molecule has 1 saturated heterocycles. The molecule has 1 aromatic rings. The van der Waals surface area contributed by atoms with E-state index in [0.717, 1.165) is 0 Å². The second kappa shape index (κ2) is 5.15. The lowest BCUT2D eigenvalue weighted by Gasteiger charge is -2.25. The molecule has 0 N–H and O–H groups in total. The van der Waals surface area contributed by atoms with Gasteiger partial charge in [0.15, 0.2) is 0 Å². The Hall–Kier alpha value is -1.77. The molecule has 0 unspecified atom stereocenters. The molecule has 6 heteroatoms. The molecule has 2 aliphatic rings. The van der Waals surface area contributed by atoms with Gasteiger partial charge in [0.2, 0.25) is 5.92 Å². The molecule has 0 saturated carbocycles. The SMILES string of the molecule is N#Cc1cc2c(cc1N1CCCC(F)(F)CC1)CCC2(F)F. The van der Waals surface area contributed by atoms with Crippen LogP contribution in [0.5, 0.6) is 0 Å². The molecule has 0 spiro atoms. The average molecular weight is 312 g/mol. The van der Waals surface area contributed by atoms with Crippen molar-refractivity contribution in [2.75, 3.05) is 18.0 Å². The standard InChI is InChI=1S/C16H16F4N2/c17-15(18)3-1-6-22(7-5-15)14-9-11-2-4-16(19,20)13(11)8-12(14)10-21/h8-9H,1-7H2. The van der Waals surface area contributed by atoms with Crippen LogP contribution < -0.4 is 4.90 Å². The van der Waals surface area contributed by atoms with Crippen molar-refractivity contribution in [3.05, 3.63) is 28.8 Å². The normalized spacial score (nSPS) is 22.8. The molecule has 3 rings (SSSR count). The summed E-state index contributed by atoms with van der Waals surface area (Å²) in [6, 6.07) is 4.77. The van der Waals surface area contributed by atoms with E-state index in [2.05, 4.69) is 0 Å². The van der Waals surface area contributed by atoms with Gasteiger partial charge in [0, 0.05) is 37.9 Å². The van der Waals surface area contributed by atoms with E-state index in [1.54, 1.807) is 11.0 Å². The summed E-state index contributed by atoms with van der Waals surface area (Å²) in [7, 11) is 0. The largest absolute Gasteiger partial charge is 0.370 e. The molecule has 1 aromatic carbocycles. The van der Waals surface area contributed by atoms with Gasteiger partial charge in [0.05, 0.1) is 11.3 Å². The maximum Gasteiger partial charge on any atom is 0.273 e. The van der Waals surface area contributed by atoms with Gasteiger partial charge in [0.1, 0.15) is 6.07 Å². The van der Waals surface area contributed by atoms with Crippen LogP contribution in [0.4, 0.5) is 23.2 Å². The summed E-state index contributed by atoms with van der Waals surface area (Å²) < 4.78 is 54.5. The number of benzene rings is 1. The van der Waals surface area contributed by atoms with Crippen LogP contribution in [-0.2, 0) is 12.3 Å². The Kier molecular flexibility index (Phi) is 3.54. The first kappa shape index (κ1) is 15.1. The zero-order valence-corrected chi connectivity index (χ0v) is 12.0. The van der Waals surface area contributed by atoms with Gasteiger partial charge in [-0.05, 0) is 30.5 Å². The maximum absolute atomic E-state index is 13.8. The van der Waals surface area contributed by atoms with Crippen LogP contribution in [0, 0.1) is 11.3 Å². The third-order valence-electron chi connectivity index (χ3n) is 4.50. The predicted molar refractivity (Wildman–Crippen MR) is 74.4 cm³/mol. The molecule has 1 aliphatic heterocycles. The van der Waals surface area contributed by atoms with Crippen LogP contribution >= 0.6 is 0 Å². The van der Waals surface area contributed by atoms with Crippen LogP contribution in [0.2, 0.25) is 0 Å². The number of hydrogen-bond acceptors (Lipinski definition) is 2. The van der Waals surface area contributed by atoms with Gasteiger partial charge in [-0.1, -0.05) is 0 Å². The highest BCUT2D eigenvalue weighted by molar-refractivity contribution is 5.64. The smallest absolute Gasteiger partial charge is 0.273 e. The quantitative estimate of drug-likeness (QED) is 0.726. The van der Waals surface area contributed by atoms with E-state index in [-0.39, 0.29) is 43.4 Å². The summed E-state index contributed by atoms with van der Waals surface area (Å²) >= 11 is 0. The number of alkyl halides is 4. The van der Waals surface area contributed by atoms with Gasteiger partial charge in [-0.2, -0.15) is 5.26 Å². The summed E-state index contributed by atoms with van der Waals surface area (Å²) in [5.41, 5.74) is 1.09. The van der Waals surface area contributed by atoms with Crippen molar-refractivity contribution in [2.45, 2.75) is 43.9 Å². The molecule has 1 fully saturated rings. The number of fused-ring (bicyclic) bond motifs is 1. The Morgan fingerprint density at radius 3 is 2.55 bits per heavy atom. The molecule has 0 atom stereocenters. The molecular formula is C16H16F4N2. The van der Waals surface area contributed by atoms with E-state index in [9.17, 15) is 22.8 Å². The molecule has 22 heavy (non-hydrogen) atoms. The fourth-order valence-corrected chi connectivity index (χ4v) is 3.26. The van der Waals surface area contributed by atoms with Gasteiger partial charge in [0.25, 0.3) is 5.92 Å². The van der Waals surface area contributed by atoms with Crippen LogP contribution in [0.1, 0.15) is 42.4 Å². The van der Waals surface area contributed by atoms with E-state index >= 15 is 0 Å². The van der Waals surface area contributed by atoms with Crippen LogP contribution in [0.15, 0.2) is 12.1 Å². The highest BCUT2D eigenvalue weighted by atomic mass is 19.3. The number of halogens is 4. The predicted octanol–water partition coefficient (Wildman–Crippen LogP) is 4.22. The second-order valence-corrected chi connectivity index (χ2v) is 6.04. The highest BCUT2D eigenvalue weighted by Crippen LogP contribution is 2.44.